The molecule has 0 spiro atoms. The molecule has 2 aliphatic heterocycles. The number of rotatable bonds is 5. The van der Waals surface area contributed by atoms with Crippen LogP contribution in [0.1, 0.15) is 5.56 Å². The molecule has 27 heavy (non-hydrogen) atoms. The zero-order valence-corrected chi connectivity index (χ0v) is 14.8. The highest BCUT2D eigenvalue weighted by Gasteiger charge is 2.33. The molecule has 2 aromatic rings. The van der Waals surface area contributed by atoms with Gasteiger partial charge in [-0.05, 0) is 29.8 Å². The van der Waals surface area contributed by atoms with Gasteiger partial charge in [-0.2, -0.15) is 0 Å². The van der Waals surface area contributed by atoms with E-state index in [0.29, 0.717) is 31.9 Å². The van der Waals surface area contributed by atoms with Gasteiger partial charge in [0, 0.05) is 31.0 Å². The Bertz CT molecular complexity index is 825. The largest absolute Gasteiger partial charge is 0.441 e. The van der Waals surface area contributed by atoms with Crippen LogP contribution in [0.5, 0.6) is 0 Å². The minimum absolute atomic E-state index is 0.0208. The smallest absolute Gasteiger partial charge is 0.414 e. The number of urea groups is 1. The predicted octanol–water partition coefficient (Wildman–Crippen LogP) is 2.45. The number of amides is 3. The Hall–Kier alpha value is -3.06. The zero-order valence-electron chi connectivity index (χ0n) is 14.8. The molecule has 2 fully saturated rings. The van der Waals surface area contributed by atoms with Crippen LogP contribution in [0.25, 0.3) is 0 Å². The molecule has 2 aromatic carbocycles. The maximum atomic E-state index is 12.7. The van der Waals surface area contributed by atoms with E-state index in [4.69, 9.17) is 9.84 Å². The van der Waals surface area contributed by atoms with Gasteiger partial charge in [0.2, 0.25) is 0 Å². The van der Waals surface area contributed by atoms with Gasteiger partial charge in [-0.1, -0.05) is 30.3 Å². The molecule has 7 heteroatoms. The highest BCUT2D eigenvalue weighted by atomic mass is 16.6. The first-order valence-corrected chi connectivity index (χ1v) is 8.95. The van der Waals surface area contributed by atoms with E-state index in [-0.39, 0.29) is 12.6 Å². The predicted molar refractivity (Wildman–Crippen MR) is 101 cm³/mol. The van der Waals surface area contributed by atoms with Crippen molar-refractivity contribution in [3.05, 3.63) is 60.2 Å². The quantitative estimate of drug-likeness (QED) is 0.881. The van der Waals surface area contributed by atoms with E-state index >= 15 is 0 Å². The molecule has 3 amide bonds. The molecule has 0 saturated carbocycles. The maximum Gasteiger partial charge on any atom is 0.414 e. The number of hydrogen-bond acceptors (Lipinski definition) is 4. The number of anilines is 2. The lowest BCUT2D eigenvalue weighted by molar-refractivity contribution is 0.0963. The van der Waals surface area contributed by atoms with Crippen LogP contribution in [0.4, 0.5) is 21.0 Å². The average molecular weight is 367 g/mol. The third-order valence-corrected chi connectivity index (χ3v) is 4.86. The Labute approximate surface area is 157 Å². The third kappa shape index (κ3) is 3.46. The second kappa shape index (κ2) is 7.28. The molecular formula is C20H21N3O4. The second-order valence-electron chi connectivity index (χ2n) is 6.66. The van der Waals surface area contributed by atoms with Crippen molar-refractivity contribution in [3.8, 4) is 0 Å². The summed E-state index contributed by atoms with van der Waals surface area (Å²) in [5, 5.41) is 9.14. The molecule has 2 saturated heterocycles. The molecule has 1 atom stereocenters. The fraction of sp³-hybridized carbons (Fsp3) is 0.300. The number of carbonyl (C=O) groups excluding carboxylic acids is 2. The van der Waals surface area contributed by atoms with Crippen molar-refractivity contribution in [2.45, 2.75) is 12.6 Å². The summed E-state index contributed by atoms with van der Waals surface area (Å²) in [7, 11) is 0. The van der Waals surface area contributed by atoms with Crippen LogP contribution in [0.15, 0.2) is 54.6 Å². The molecule has 1 N–H and O–H groups in total. The lowest BCUT2D eigenvalue weighted by atomic mass is 10.2. The summed E-state index contributed by atoms with van der Waals surface area (Å²) < 4.78 is 5.06. The van der Waals surface area contributed by atoms with Crippen molar-refractivity contribution in [1.82, 2.24) is 4.90 Å². The number of aliphatic hydroxyl groups is 1. The summed E-state index contributed by atoms with van der Waals surface area (Å²) in [5.74, 6) is 0. The molecule has 7 nitrogen and oxygen atoms in total. The highest BCUT2D eigenvalue weighted by molar-refractivity contribution is 5.95. The van der Waals surface area contributed by atoms with Crippen LogP contribution in [0, 0.1) is 0 Å². The second-order valence-corrected chi connectivity index (χ2v) is 6.66. The van der Waals surface area contributed by atoms with Gasteiger partial charge in [0.1, 0.15) is 6.10 Å². The molecule has 140 valence electrons. The first kappa shape index (κ1) is 17.4. The number of cyclic esters (lactones) is 1. The number of benzene rings is 2. The maximum absolute atomic E-state index is 12.7. The SMILES string of the molecule is O=C1OC(CO)CN1c1ccc(N2CCN(Cc3ccccc3)C2=O)cc1. The van der Waals surface area contributed by atoms with Crippen LogP contribution >= 0.6 is 0 Å². The van der Waals surface area contributed by atoms with E-state index in [1.807, 2.05) is 47.4 Å². The van der Waals surface area contributed by atoms with Crippen molar-refractivity contribution in [1.29, 1.82) is 0 Å². The van der Waals surface area contributed by atoms with Gasteiger partial charge < -0.3 is 14.7 Å². The van der Waals surface area contributed by atoms with Crippen LogP contribution in [-0.4, -0.2) is 54.5 Å². The van der Waals surface area contributed by atoms with Crippen LogP contribution in [0.2, 0.25) is 0 Å². The van der Waals surface area contributed by atoms with Crippen LogP contribution in [0.3, 0.4) is 0 Å². The molecule has 2 aliphatic rings. The lowest BCUT2D eigenvalue weighted by Crippen LogP contribution is -2.31. The van der Waals surface area contributed by atoms with E-state index in [1.54, 1.807) is 17.0 Å². The number of carbonyl (C=O) groups is 2. The van der Waals surface area contributed by atoms with E-state index in [1.165, 1.54) is 4.90 Å². The summed E-state index contributed by atoms with van der Waals surface area (Å²) in [6.07, 6.45) is -0.961. The Kier molecular flexibility index (Phi) is 4.68. The zero-order chi connectivity index (χ0) is 18.8. The highest BCUT2D eigenvalue weighted by Crippen LogP contribution is 2.27. The standard InChI is InChI=1S/C20H21N3O4/c24-14-18-13-23(20(26)27-18)17-8-6-16(7-9-17)22-11-10-21(19(22)25)12-15-4-2-1-3-5-15/h1-9,18,24H,10-14H2. The van der Waals surface area contributed by atoms with Crippen LogP contribution in [-0.2, 0) is 11.3 Å². The van der Waals surface area contributed by atoms with Crippen molar-refractivity contribution < 1.29 is 19.4 Å². The van der Waals surface area contributed by atoms with Crippen LogP contribution < -0.4 is 9.80 Å². The van der Waals surface area contributed by atoms with Gasteiger partial charge in [0.25, 0.3) is 0 Å². The monoisotopic (exact) mass is 367 g/mol. The Morgan fingerprint density at radius 2 is 1.59 bits per heavy atom. The van der Waals surface area contributed by atoms with E-state index in [2.05, 4.69) is 0 Å². The van der Waals surface area contributed by atoms with Crippen molar-refractivity contribution in [2.24, 2.45) is 0 Å². The Balaban J connectivity index is 1.43. The topological polar surface area (TPSA) is 73.3 Å². The fourth-order valence-electron chi connectivity index (χ4n) is 3.41. The van der Waals surface area contributed by atoms with Gasteiger partial charge in [0.15, 0.2) is 0 Å². The summed E-state index contributed by atoms with van der Waals surface area (Å²) >= 11 is 0. The molecule has 4 rings (SSSR count). The lowest BCUT2D eigenvalue weighted by Gasteiger charge is -2.20. The molecule has 0 radical (unpaired) electrons. The number of ether oxygens (including phenoxy) is 1. The van der Waals surface area contributed by atoms with Gasteiger partial charge in [0.05, 0.1) is 13.2 Å². The minimum atomic E-state index is -0.496. The van der Waals surface area contributed by atoms with E-state index in [0.717, 1.165) is 11.3 Å². The molecule has 0 aliphatic carbocycles. The minimum Gasteiger partial charge on any atom is -0.441 e. The number of nitrogens with zero attached hydrogens (tertiary/aromatic N) is 3. The van der Waals surface area contributed by atoms with Crippen molar-refractivity contribution >= 4 is 23.5 Å². The summed E-state index contributed by atoms with van der Waals surface area (Å²) in [5.41, 5.74) is 2.59. The summed E-state index contributed by atoms with van der Waals surface area (Å²) in [4.78, 5) is 29.7. The van der Waals surface area contributed by atoms with Gasteiger partial charge >= 0.3 is 12.1 Å². The molecule has 1 unspecified atom stereocenters. The number of hydrogen-bond donors (Lipinski definition) is 1. The molecule has 0 aromatic heterocycles. The molecule has 0 bridgehead atoms. The van der Waals surface area contributed by atoms with Gasteiger partial charge in [-0.15, -0.1) is 0 Å². The van der Waals surface area contributed by atoms with E-state index < -0.39 is 12.2 Å². The average Bonchev–Trinajstić information content (AvgIpc) is 3.26. The van der Waals surface area contributed by atoms with Crippen molar-refractivity contribution in [3.63, 3.8) is 0 Å². The van der Waals surface area contributed by atoms with Gasteiger partial charge in [-0.25, -0.2) is 9.59 Å². The first-order valence-electron chi connectivity index (χ1n) is 8.95. The third-order valence-electron chi connectivity index (χ3n) is 4.86. The Morgan fingerprint density at radius 1 is 0.926 bits per heavy atom. The summed E-state index contributed by atoms with van der Waals surface area (Å²) in [6.45, 7) is 2.02. The molecular weight excluding hydrogens is 346 g/mol. The number of aliphatic hydroxyl groups excluding tert-OH is 1. The Morgan fingerprint density at radius 3 is 2.22 bits per heavy atom. The van der Waals surface area contributed by atoms with Crippen molar-refractivity contribution in [2.75, 3.05) is 36.0 Å². The summed E-state index contributed by atoms with van der Waals surface area (Å²) in [6, 6.07) is 17.2. The first-order chi connectivity index (χ1) is 13.2. The fourth-order valence-corrected chi connectivity index (χ4v) is 3.41. The molecule has 2 heterocycles. The van der Waals surface area contributed by atoms with Gasteiger partial charge in [-0.3, -0.25) is 9.80 Å². The van der Waals surface area contributed by atoms with E-state index in [9.17, 15) is 9.59 Å². The normalized spacial score (nSPS) is 19.7.